The van der Waals surface area contributed by atoms with Gasteiger partial charge in [0.15, 0.2) is 11.8 Å². The third kappa shape index (κ3) is 3.34. The Morgan fingerprint density at radius 2 is 1.77 bits per heavy atom. The molecule has 0 aliphatic carbocycles. The minimum Gasteiger partial charge on any atom is -0.301 e. The first kappa shape index (κ1) is 19.0. The predicted octanol–water partition coefficient (Wildman–Crippen LogP) is 5.11. The third-order valence-corrected chi connectivity index (χ3v) is 5.56. The molecule has 3 aromatic carbocycles. The maximum absolute atomic E-state index is 4.88. The molecule has 0 N–H and O–H groups in total. The fourth-order valence-corrected chi connectivity index (χ4v) is 4.04. The summed E-state index contributed by atoms with van der Waals surface area (Å²) in [6, 6.07) is 27.3. The summed E-state index contributed by atoms with van der Waals surface area (Å²) >= 11 is 0. The molecule has 5 aromatic rings. The number of pyridine rings is 1. The van der Waals surface area contributed by atoms with Gasteiger partial charge in [0.25, 0.3) is 0 Å². The lowest BCUT2D eigenvalue weighted by molar-refractivity contribution is -0.647. The zero-order valence-corrected chi connectivity index (χ0v) is 17.9. The van der Waals surface area contributed by atoms with Gasteiger partial charge in [0.2, 0.25) is 0 Å². The summed E-state index contributed by atoms with van der Waals surface area (Å²) in [7, 11) is 3.83. The van der Waals surface area contributed by atoms with Crippen LogP contribution in [0.15, 0.2) is 90.2 Å². The Kier molecular flexibility index (Phi) is 4.71. The van der Waals surface area contributed by atoms with Crippen LogP contribution in [0.5, 0.6) is 0 Å². The smallest absolute Gasteiger partial charge is 0.301 e. The molecule has 152 valence electrons. The fourth-order valence-electron chi connectivity index (χ4n) is 4.04. The number of hydrogen-bond acceptors (Lipinski definition) is 2. The van der Waals surface area contributed by atoms with Gasteiger partial charge in [-0.15, -0.1) is 0 Å². The Labute approximate surface area is 181 Å². The van der Waals surface area contributed by atoms with Crippen LogP contribution < -0.4 is 9.47 Å². The van der Waals surface area contributed by atoms with Crippen LogP contribution in [-0.4, -0.2) is 22.9 Å². The predicted molar refractivity (Wildman–Crippen MR) is 127 cm³/mol. The molecule has 5 nitrogen and oxygen atoms in total. The van der Waals surface area contributed by atoms with E-state index in [0.29, 0.717) is 0 Å². The van der Waals surface area contributed by atoms with Gasteiger partial charge in [0.05, 0.1) is 19.1 Å². The van der Waals surface area contributed by atoms with Crippen LogP contribution in [0.1, 0.15) is 5.56 Å². The highest BCUT2D eigenvalue weighted by Gasteiger charge is 2.18. The Bertz CT molecular complexity index is 1430. The van der Waals surface area contributed by atoms with E-state index >= 15 is 0 Å². The number of aryl methyl sites for hydroxylation is 2. The Morgan fingerprint density at radius 3 is 2.61 bits per heavy atom. The standard InChI is InChI=1S/C26H24N5/c1-19-9-4-7-14-24(19)30(17-27-2)21-11-8-12-22(16-21)31-18-29(3)26-25(31)15-20-10-5-6-13-23(20)28-26/h4-18H,1-3H3/q+1. The van der Waals surface area contributed by atoms with E-state index in [1.165, 1.54) is 5.56 Å². The summed E-state index contributed by atoms with van der Waals surface area (Å²) < 4.78 is 4.26. The molecule has 2 aromatic heterocycles. The van der Waals surface area contributed by atoms with Gasteiger partial charge in [-0.25, -0.2) is 9.13 Å². The van der Waals surface area contributed by atoms with Crippen molar-refractivity contribution >= 4 is 39.8 Å². The molecule has 5 heteroatoms. The monoisotopic (exact) mass is 406 g/mol. The van der Waals surface area contributed by atoms with E-state index in [-0.39, 0.29) is 0 Å². The van der Waals surface area contributed by atoms with Gasteiger partial charge < -0.3 is 4.90 Å². The number of benzene rings is 3. The quantitative estimate of drug-likeness (QED) is 0.236. The first-order chi connectivity index (χ1) is 15.2. The van der Waals surface area contributed by atoms with E-state index in [1.54, 1.807) is 7.05 Å². The van der Waals surface area contributed by atoms with Crippen molar-refractivity contribution in [1.82, 2.24) is 9.55 Å². The molecule has 0 atom stereocenters. The molecule has 0 fully saturated rings. The summed E-state index contributed by atoms with van der Waals surface area (Å²) in [6.07, 6.45) is 3.95. The van der Waals surface area contributed by atoms with E-state index < -0.39 is 0 Å². The zero-order chi connectivity index (χ0) is 21.4. The van der Waals surface area contributed by atoms with Crippen LogP contribution in [-0.2, 0) is 7.05 Å². The summed E-state index contributed by atoms with van der Waals surface area (Å²) in [4.78, 5) is 11.3. The van der Waals surface area contributed by atoms with E-state index in [2.05, 4.69) is 99.0 Å². The zero-order valence-electron chi connectivity index (χ0n) is 17.9. The molecule has 0 radical (unpaired) electrons. The highest BCUT2D eigenvalue weighted by molar-refractivity contribution is 5.92. The second-order valence-electron chi connectivity index (χ2n) is 7.67. The lowest BCUT2D eigenvalue weighted by Gasteiger charge is -2.22. The molecule has 0 amide bonds. The first-order valence-electron chi connectivity index (χ1n) is 10.3. The summed E-state index contributed by atoms with van der Waals surface area (Å²) in [5.74, 6) is 0. The van der Waals surface area contributed by atoms with Crippen molar-refractivity contribution in [3.05, 3.63) is 90.8 Å². The molecular formula is C26H24N5+. The normalized spacial score (nSPS) is 11.6. The van der Waals surface area contributed by atoms with E-state index in [1.807, 2.05) is 25.5 Å². The average molecular weight is 407 g/mol. The van der Waals surface area contributed by atoms with Crippen LogP contribution in [0.25, 0.3) is 27.8 Å². The fraction of sp³-hybridized carbons (Fsp3) is 0.115. The Morgan fingerprint density at radius 1 is 0.968 bits per heavy atom. The number of hydrogen-bond donors (Lipinski definition) is 0. The topological polar surface area (TPSA) is 37.3 Å². The molecule has 0 saturated heterocycles. The SMILES string of the molecule is CN=CN(c1cccc(-n2c[n+](C)c3nc4ccccc4cc32)c1)c1ccccc1C. The van der Waals surface area contributed by atoms with Gasteiger partial charge in [-0.05, 0) is 42.8 Å². The number of aliphatic imine (C=N–C) groups is 1. The lowest BCUT2D eigenvalue weighted by atomic mass is 10.1. The number of imidazole rings is 1. The second kappa shape index (κ2) is 7.69. The molecule has 0 saturated carbocycles. The molecule has 5 rings (SSSR count). The summed E-state index contributed by atoms with van der Waals surface area (Å²) in [5, 5.41) is 1.13. The van der Waals surface area contributed by atoms with Gasteiger partial charge in [0, 0.05) is 24.2 Å². The first-order valence-corrected chi connectivity index (χ1v) is 10.3. The summed E-state index contributed by atoms with van der Waals surface area (Å²) in [6.45, 7) is 2.12. The number of nitrogens with zero attached hydrogens (tertiary/aromatic N) is 5. The average Bonchev–Trinajstić information content (AvgIpc) is 3.12. The van der Waals surface area contributed by atoms with E-state index in [0.717, 1.165) is 39.1 Å². The van der Waals surface area contributed by atoms with Crippen LogP contribution in [0.3, 0.4) is 0 Å². The number of rotatable bonds is 4. The molecule has 0 unspecified atom stereocenters. The van der Waals surface area contributed by atoms with Crippen LogP contribution >= 0.6 is 0 Å². The van der Waals surface area contributed by atoms with Crippen molar-refractivity contribution in [3.8, 4) is 5.69 Å². The number of anilines is 2. The van der Waals surface area contributed by atoms with E-state index in [9.17, 15) is 0 Å². The lowest BCUT2D eigenvalue weighted by Crippen LogP contribution is -2.26. The molecule has 0 bridgehead atoms. The maximum Gasteiger partial charge on any atom is 0.302 e. The molecule has 2 heterocycles. The van der Waals surface area contributed by atoms with Crippen LogP contribution in [0.4, 0.5) is 11.4 Å². The van der Waals surface area contributed by atoms with Crippen molar-refractivity contribution in [3.63, 3.8) is 0 Å². The van der Waals surface area contributed by atoms with Crippen LogP contribution in [0.2, 0.25) is 0 Å². The van der Waals surface area contributed by atoms with Crippen LogP contribution in [0, 0.1) is 6.92 Å². The molecule has 0 aliphatic rings. The third-order valence-electron chi connectivity index (χ3n) is 5.56. The highest BCUT2D eigenvalue weighted by atomic mass is 15.2. The maximum atomic E-state index is 4.88. The Hall–Kier alpha value is -3.99. The van der Waals surface area contributed by atoms with Gasteiger partial charge >= 0.3 is 5.65 Å². The molecular weight excluding hydrogens is 382 g/mol. The molecule has 0 aliphatic heterocycles. The largest absolute Gasteiger partial charge is 0.302 e. The molecule has 31 heavy (non-hydrogen) atoms. The van der Waals surface area contributed by atoms with E-state index in [4.69, 9.17) is 4.98 Å². The second-order valence-corrected chi connectivity index (χ2v) is 7.67. The number of fused-ring (bicyclic) bond motifs is 2. The minimum absolute atomic E-state index is 0.954. The number of para-hydroxylation sites is 2. The number of aromatic nitrogens is 3. The van der Waals surface area contributed by atoms with Crippen molar-refractivity contribution in [1.29, 1.82) is 0 Å². The highest BCUT2D eigenvalue weighted by Crippen LogP contribution is 2.29. The van der Waals surface area contributed by atoms with Gasteiger partial charge in [-0.2, -0.15) is 0 Å². The Balaban J connectivity index is 1.67. The van der Waals surface area contributed by atoms with Gasteiger partial charge in [0.1, 0.15) is 11.2 Å². The van der Waals surface area contributed by atoms with Crippen molar-refractivity contribution in [2.75, 3.05) is 11.9 Å². The van der Waals surface area contributed by atoms with Crippen molar-refractivity contribution in [2.24, 2.45) is 12.0 Å². The van der Waals surface area contributed by atoms with Gasteiger partial charge in [-0.1, -0.05) is 47.4 Å². The summed E-state index contributed by atoms with van der Waals surface area (Å²) in [5.41, 5.74) is 7.46. The van der Waals surface area contributed by atoms with Gasteiger partial charge in [-0.3, -0.25) is 4.99 Å². The minimum atomic E-state index is 0.954. The van der Waals surface area contributed by atoms with Crippen molar-refractivity contribution < 1.29 is 4.57 Å². The molecule has 0 spiro atoms. The van der Waals surface area contributed by atoms with Crippen molar-refractivity contribution in [2.45, 2.75) is 6.92 Å².